The Bertz CT molecular complexity index is 427. The van der Waals surface area contributed by atoms with Gasteiger partial charge in [0.15, 0.2) is 0 Å². The Balaban J connectivity index is 2.75. The van der Waals surface area contributed by atoms with Gasteiger partial charge in [0.25, 0.3) is 5.91 Å². The molecule has 1 rings (SSSR count). The average Bonchev–Trinajstić information content (AvgIpc) is 2.27. The maximum absolute atomic E-state index is 11.8. The summed E-state index contributed by atoms with van der Waals surface area (Å²) in [5.41, 5.74) is 0.292. The third-order valence-electron chi connectivity index (χ3n) is 2.05. The van der Waals surface area contributed by atoms with Gasteiger partial charge >= 0.3 is 0 Å². The first-order valence-corrected chi connectivity index (χ1v) is 5.20. The van der Waals surface area contributed by atoms with Crippen LogP contribution in [0.5, 0.6) is 0 Å². The number of nitriles is 1. The first-order chi connectivity index (χ1) is 7.54. The summed E-state index contributed by atoms with van der Waals surface area (Å²) >= 11 is 5.69. The molecule has 0 aliphatic rings. The Kier molecular flexibility index (Phi) is 4.27. The van der Waals surface area contributed by atoms with Crippen LogP contribution in [0.15, 0.2) is 18.2 Å². The molecule has 1 aromatic rings. The minimum absolute atomic E-state index is 0.201. The van der Waals surface area contributed by atoms with Crippen LogP contribution in [-0.2, 0) is 0 Å². The van der Waals surface area contributed by atoms with Crippen molar-refractivity contribution in [1.29, 1.82) is 5.26 Å². The molecule has 0 fully saturated rings. The zero-order valence-corrected chi connectivity index (χ0v) is 9.90. The highest BCUT2D eigenvalue weighted by atomic mass is 35.5. The highest BCUT2D eigenvalue weighted by Gasteiger charge is 2.15. The van der Waals surface area contributed by atoms with E-state index in [-0.39, 0.29) is 17.0 Å². The average molecular weight is 238 g/mol. The predicted octanol–water partition coefficient (Wildman–Crippen LogP) is 1.97. The summed E-state index contributed by atoms with van der Waals surface area (Å²) in [5.74, 6) is -0.433. The van der Waals surface area contributed by atoms with E-state index in [9.17, 15) is 4.79 Å². The third kappa shape index (κ3) is 3.21. The summed E-state index contributed by atoms with van der Waals surface area (Å²) in [7, 11) is 1.64. The molecule has 4 nitrogen and oxygen atoms in total. The fourth-order valence-corrected chi connectivity index (χ4v) is 1.42. The molecule has 1 aromatic heterocycles. The molecule has 84 valence electrons. The van der Waals surface area contributed by atoms with Gasteiger partial charge in [-0.1, -0.05) is 17.7 Å². The van der Waals surface area contributed by atoms with Crippen LogP contribution in [-0.4, -0.2) is 29.4 Å². The minimum Gasteiger partial charge on any atom is -0.339 e. The number of rotatable bonds is 3. The molecular weight excluding hydrogens is 226 g/mol. The SMILES string of the molecule is CC(C#N)CN(C)C(=O)c1cccc(Cl)n1. The molecule has 0 saturated heterocycles. The van der Waals surface area contributed by atoms with Crippen LogP contribution >= 0.6 is 11.6 Å². The molecule has 0 radical (unpaired) electrons. The molecule has 0 aromatic carbocycles. The van der Waals surface area contributed by atoms with E-state index < -0.39 is 0 Å². The van der Waals surface area contributed by atoms with E-state index in [4.69, 9.17) is 16.9 Å². The summed E-state index contributed by atoms with van der Waals surface area (Å²) in [5, 5.41) is 8.94. The van der Waals surface area contributed by atoms with Crippen LogP contribution in [0.3, 0.4) is 0 Å². The highest BCUT2D eigenvalue weighted by Crippen LogP contribution is 2.08. The monoisotopic (exact) mass is 237 g/mol. The van der Waals surface area contributed by atoms with Crippen molar-refractivity contribution in [1.82, 2.24) is 9.88 Å². The molecule has 1 heterocycles. The lowest BCUT2D eigenvalue weighted by atomic mass is 10.2. The molecule has 0 spiro atoms. The van der Waals surface area contributed by atoms with E-state index in [1.807, 2.05) is 0 Å². The quantitative estimate of drug-likeness (QED) is 0.756. The number of carbonyl (C=O) groups excluding carboxylic acids is 1. The van der Waals surface area contributed by atoms with Gasteiger partial charge in [-0.3, -0.25) is 4.79 Å². The third-order valence-corrected chi connectivity index (χ3v) is 2.26. The Morgan fingerprint density at radius 3 is 2.94 bits per heavy atom. The summed E-state index contributed by atoms with van der Waals surface area (Å²) < 4.78 is 0. The largest absolute Gasteiger partial charge is 0.339 e. The predicted molar refractivity (Wildman–Crippen MR) is 61.0 cm³/mol. The van der Waals surface area contributed by atoms with Crippen molar-refractivity contribution in [3.63, 3.8) is 0 Å². The van der Waals surface area contributed by atoms with Crippen LogP contribution in [0.2, 0.25) is 5.15 Å². The van der Waals surface area contributed by atoms with Crippen molar-refractivity contribution < 1.29 is 4.79 Å². The molecule has 1 amide bonds. The molecule has 5 heteroatoms. The van der Waals surface area contributed by atoms with Crippen molar-refractivity contribution in [3.8, 4) is 6.07 Å². The van der Waals surface area contributed by atoms with E-state index in [1.165, 1.54) is 4.90 Å². The second-order valence-electron chi connectivity index (χ2n) is 3.56. The number of hydrogen-bond acceptors (Lipinski definition) is 3. The number of nitrogens with zero attached hydrogens (tertiary/aromatic N) is 3. The zero-order chi connectivity index (χ0) is 12.1. The number of pyridine rings is 1. The molecule has 0 saturated carbocycles. The lowest BCUT2D eigenvalue weighted by molar-refractivity contribution is 0.0779. The molecule has 0 aliphatic carbocycles. The lowest BCUT2D eigenvalue weighted by Crippen LogP contribution is -2.31. The van der Waals surface area contributed by atoms with Gasteiger partial charge in [-0.25, -0.2) is 4.98 Å². The van der Waals surface area contributed by atoms with Gasteiger partial charge in [0.05, 0.1) is 12.0 Å². The summed E-state index contributed by atoms with van der Waals surface area (Å²) in [6.07, 6.45) is 0. The number of carbonyl (C=O) groups is 1. The second kappa shape index (κ2) is 5.47. The molecule has 0 N–H and O–H groups in total. The van der Waals surface area contributed by atoms with Gasteiger partial charge in [0, 0.05) is 13.6 Å². The van der Waals surface area contributed by atoms with Crippen LogP contribution in [0.25, 0.3) is 0 Å². The number of halogens is 1. The molecule has 0 aliphatic heterocycles. The lowest BCUT2D eigenvalue weighted by Gasteiger charge is -2.17. The minimum atomic E-state index is -0.232. The standard InChI is InChI=1S/C11H12ClN3O/c1-8(6-13)7-15(2)11(16)9-4-3-5-10(12)14-9/h3-5,8H,7H2,1-2H3. The molecule has 1 unspecified atom stereocenters. The normalized spacial score (nSPS) is 11.6. The van der Waals surface area contributed by atoms with Crippen LogP contribution in [0.1, 0.15) is 17.4 Å². The van der Waals surface area contributed by atoms with E-state index >= 15 is 0 Å². The van der Waals surface area contributed by atoms with Crippen molar-refractivity contribution in [3.05, 3.63) is 29.0 Å². The fourth-order valence-electron chi connectivity index (χ4n) is 1.26. The van der Waals surface area contributed by atoms with Crippen molar-refractivity contribution in [2.24, 2.45) is 5.92 Å². The summed E-state index contributed by atoms with van der Waals surface area (Å²) in [4.78, 5) is 17.2. The second-order valence-corrected chi connectivity index (χ2v) is 3.95. The summed E-state index contributed by atoms with van der Waals surface area (Å²) in [6.45, 7) is 2.14. The topological polar surface area (TPSA) is 57.0 Å². The van der Waals surface area contributed by atoms with Crippen LogP contribution in [0.4, 0.5) is 0 Å². The number of hydrogen-bond donors (Lipinski definition) is 0. The van der Waals surface area contributed by atoms with Crippen molar-refractivity contribution in [2.45, 2.75) is 6.92 Å². The zero-order valence-electron chi connectivity index (χ0n) is 9.14. The van der Waals surface area contributed by atoms with Gasteiger partial charge in [-0.15, -0.1) is 0 Å². The van der Waals surface area contributed by atoms with E-state index in [1.54, 1.807) is 32.2 Å². The Labute approximate surface area is 99.5 Å². The van der Waals surface area contributed by atoms with E-state index in [2.05, 4.69) is 11.1 Å². The Morgan fingerprint density at radius 2 is 2.38 bits per heavy atom. The molecule has 16 heavy (non-hydrogen) atoms. The first kappa shape index (κ1) is 12.5. The van der Waals surface area contributed by atoms with Crippen molar-refractivity contribution in [2.75, 3.05) is 13.6 Å². The number of aromatic nitrogens is 1. The van der Waals surface area contributed by atoms with Crippen LogP contribution < -0.4 is 0 Å². The van der Waals surface area contributed by atoms with E-state index in [0.717, 1.165) is 0 Å². The van der Waals surface area contributed by atoms with Gasteiger partial charge in [0.1, 0.15) is 10.8 Å². The first-order valence-electron chi connectivity index (χ1n) is 4.82. The number of amides is 1. The maximum Gasteiger partial charge on any atom is 0.272 e. The van der Waals surface area contributed by atoms with Crippen molar-refractivity contribution >= 4 is 17.5 Å². The molecule has 1 atom stereocenters. The van der Waals surface area contributed by atoms with Gasteiger partial charge in [-0.2, -0.15) is 5.26 Å². The Morgan fingerprint density at radius 1 is 1.69 bits per heavy atom. The summed E-state index contributed by atoms with van der Waals surface area (Å²) in [6, 6.07) is 6.95. The van der Waals surface area contributed by atoms with Gasteiger partial charge in [-0.05, 0) is 19.1 Å². The molecular formula is C11H12ClN3O. The van der Waals surface area contributed by atoms with Gasteiger partial charge in [0.2, 0.25) is 0 Å². The van der Waals surface area contributed by atoms with E-state index in [0.29, 0.717) is 12.2 Å². The van der Waals surface area contributed by atoms with Crippen LogP contribution in [0, 0.1) is 17.2 Å². The van der Waals surface area contributed by atoms with Gasteiger partial charge < -0.3 is 4.90 Å². The highest BCUT2D eigenvalue weighted by molar-refractivity contribution is 6.29. The smallest absolute Gasteiger partial charge is 0.272 e. The maximum atomic E-state index is 11.8. The molecule has 0 bridgehead atoms. The fraction of sp³-hybridized carbons (Fsp3) is 0.364. The Hall–Kier alpha value is -1.60.